The molecule has 0 aliphatic heterocycles. The molecule has 15 heavy (non-hydrogen) atoms. The van der Waals surface area contributed by atoms with Crippen LogP contribution in [0.15, 0.2) is 35.4 Å². The molecule has 2 atom stereocenters. The molecule has 0 fully saturated rings. The lowest BCUT2D eigenvalue weighted by Gasteiger charge is -2.15. The third-order valence-corrected chi connectivity index (χ3v) is 2.17. The van der Waals surface area contributed by atoms with Crippen LogP contribution in [0.4, 0.5) is 0 Å². The van der Waals surface area contributed by atoms with E-state index in [0.29, 0.717) is 0 Å². The molecule has 0 heterocycles. The highest BCUT2D eigenvalue weighted by atomic mass is 16.3. The van der Waals surface area contributed by atoms with E-state index in [2.05, 4.69) is 5.10 Å². The standard InChI is InChI=1S/C12H18N2O/c1-10(9-13-14(2)3)12(15)11-7-5-4-6-8-11/h4-10,12,15H,1-3H3/b13-9+/t10-,12-/m0/s1. The lowest BCUT2D eigenvalue weighted by Crippen LogP contribution is -2.12. The van der Waals surface area contributed by atoms with Crippen molar-refractivity contribution in [2.45, 2.75) is 13.0 Å². The van der Waals surface area contributed by atoms with E-state index in [1.54, 1.807) is 11.2 Å². The van der Waals surface area contributed by atoms with Crippen LogP contribution in [0, 0.1) is 5.92 Å². The topological polar surface area (TPSA) is 35.8 Å². The van der Waals surface area contributed by atoms with E-state index in [0.717, 1.165) is 5.56 Å². The Morgan fingerprint density at radius 3 is 2.40 bits per heavy atom. The highest BCUT2D eigenvalue weighted by molar-refractivity contribution is 5.61. The molecule has 0 aromatic heterocycles. The van der Waals surface area contributed by atoms with Crippen molar-refractivity contribution in [3.05, 3.63) is 35.9 Å². The Morgan fingerprint density at radius 1 is 1.27 bits per heavy atom. The normalized spacial score (nSPS) is 15.2. The molecule has 0 aliphatic carbocycles. The van der Waals surface area contributed by atoms with Crippen LogP contribution in [0.25, 0.3) is 0 Å². The van der Waals surface area contributed by atoms with Gasteiger partial charge in [-0.1, -0.05) is 37.3 Å². The average molecular weight is 206 g/mol. The summed E-state index contributed by atoms with van der Waals surface area (Å²) in [7, 11) is 3.72. The molecule has 3 nitrogen and oxygen atoms in total. The maximum Gasteiger partial charge on any atom is 0.0865 e. The summed E-state index contributed by atoms with van der Waals surface area (Å²) in [5, 5.41) is 15.8. The maximum absolute atomic E-state index is 9.99. The van der Waals surface area contributed by atoms with Crippen molar-refractivity contribution in [3.63, 3.8) is 0 Å². The number of benzene rings is 1. The van der Waals surface area contributed by atoms with Gasteiger partial charge in [-0.25, -0.2) is 0 Å². The van der Waals surface area contributed by atoms with Crippen LogP contribution in [0.1, 0.15) is 18.6 Å². The van der Waals surface area contributed by atoms with Crippen molar-refractivity contribution >= 4 is 6.21 Å². The summed E-state index contributed by atoms with van der Waals surface area (Å²) in [5.74, 6) is 0.00907. The molecule has 1 aromatic carbocycles. The van der Waals surface area contributed by atoms with Gasteiger partial charge in [-0.3, -0.25) is 0 Å². The molecule has 0 unspecified atom stereocenters. The second kappa shape index (κ2) is 5.51. The first-order valence-electron chi connectivity index (χ1n) is 5.05. The Kier molecular flexibility index (Phi) is 4.31. The quantitative estimate of drug-likeness (QED) is 0.603. The van der Waals surface area contributed by atoms with Crippen molar-refractivity contribution in [2.24, 2.45) is 11.0 Å². The summed E-state index contributed by atoms with van der Waals surface area (Å²) >= 11 is 0. The second-order valence-electron chi connectivity index (χ2n) is 3.83. The minimum atomic E-state index is -0.491. The monoisotopic (exact) mass is 206 g/mol. The van der Waals surface area contributed by atoms with Gasteiger partial charge >= 0.3 is 0 Å². The second-order valence-corrected chi connectivity index (χ2v) is 3.83. The Morgan fingerprint density at radius 2 is 1.87 bits per heavy atom. The number of aliphatic hydroxyl groups excluding tert-OH is 1. The molecule has 82 valence electrons. The summed E-state index contributed by atoms with van der Waals surface area (Å²) in [6.07, 6.45) is 1.27. The van der Waals surface area contributed by atoms with Crippen LogP contribution in [0.3, 0.4) is 0 Å². The summed E-state index contributed by atoms with van der Waals surface area (Å²) in [6.45, 7) is 1.95. The average Bonchev–Trinajstić information content (AvgIpc) is 2.26. The number of aliphatic hydroxyl groups is 1. The molecule has 0 saturated heterocycles. The van der Waals surface area contributed by atoms with Gasteiger partial charge in [-0.2, -0.15) is 5.10 Å². The molecule has 1 aromatic rings. The van der Waals surface area contributed by atoms with Crippen molar-refractivity contribution in [1.82, 2.24) is 5.01 Å². The summed E-state index contributed by atoms with van der Waals surface area (Å²) < 4.78 is 0. The molecule has 0 aliphatic rings. The van der Waals surface area contributed by atoms with Crippen molar-refractivity contribution in [3.8, 4) is 0 Å². The van der Waals surface area contributed by atoms with E-state index < -0.39 is 6.10 Å². The molecule has 0 saturated carbocycles. The predicted molar refractivity (Wildman–Crippen MR) is 62.7 cm³/mol. The zero-order valence-electron chi connectivity index (χ0n) is 9.46. The highest BCUT2D eigenvalue weighted by Gasteiger charge is 2.13. The van der Waals surface area contributed by atoms with Crippen LogP contribution >= 0.6 is 0 Å². The number of hydrogen-bond donors (Lipinski definition) is 1. The summed E-state index contributed by atoms with van der Waals surface area (Å²) in [5.41, 5.74) is 0.926. The zero-order valence-corrected chi connectivity index (χ0v) is 9.46. The lowest BCUT2D eigenvalue weighted by molar-refractivity contribution is 0.148. The Labute approximate surface area is 91.0 Å². The molecule has 0 amide bonds. The fourth-order valence-corrected chi connectivity index (χ4v) is 1.27. The lowest BCUT2D eigenvalue weighted by atomic mass is 9.99. The van der Waals surface area contributed by atoms with Crippen LogP contribution in [-0.4, -0.2) is 30.4 Å². The maximum atomic E-state index is 9.99. The van der Waals surface area contributed by atoms with Gasteiger partial charge in [0.15, 0.2) is 0 Å². The molecular weight excluding hydrogens is 188 g/mol. The van der Waals surface area contributed by atoms with Crippen LogP contribution < -0.4 is 0 Å². The fourth-order valence-electron chi connectivity index (χ4n) is 1.27. The third-order valence-electron chi connectivity index (χ3n) is 2.17. The molecular formula is C12H18N2O. The van der Waals surface area contributed by atoms with Crippen LogP contribution in [0.2, 0.25) is 0 Å². The first kappa shape index (κ1) is 11.7. The Bertz CT molecular complexity index is 309. The third kappa shape index (κ3) is 3.72. The molecule has 3 heteroatoms. The van der Waals surface area contributed by atoms with Crippen molar-refractivity contribution < 1.29 is 5.11 Å². The van der Waals surface area contributed by atoms with E-state index >= 15 is 0 Å². The number of hydrazone groups is 1. The molecule has 0 spiro atoms. The summed E-state index contributed by atoms with van der Waals surface area (Å²) in [4.78, 5) is 0. The van der Waals surface area contributed by atoms with E-state index in [4.69, 9.17) is 0 Å². The minimum Gasteiger partial charge on any atom is -0.388 e. The Balaban J connectivity index is 2.65. The van der Waals surface area contributed by atoms with Crippen molar-refractivity contribution in [1.29, 1.82) is 0 Å². The minimum absolute atomic E-state index is 0.00907. The van der Waals surface area contributed by atoms with Gasteiger partial charge in [-0.15, -0.1) is 0 Å². The van der Waals surface area contributed by atoms with Gasteiger partial charge in [0.2, 0.25) is 0 Å². The SMILES string of the molecule is C[C@@H](/C=N/N(C)C)[C@H](O)c1ccccc1. The number of rotatable bonds is 4. The first-order valence-corrected chi connectivity index (χ1v) is 5.05. The Hall–Kier alpha value is -1.35. The van der Waals surface area contributed by atoms with Gasteiger partial charge in [0, 0.05) is 26.2 Å². The fraction of sp³-hybridized carbons (Fsp3) is 0.417. The van der Waals surface area contributed by atoms with Gasteiger partial charge in [0.1, 0.15) is 0 Å². The van der Waals surface area contributed by atoms with Crippen LogP contribution in [0.5, 0.6) is 0 Å². The van der Waals surface area contributed by atoms with Gasteiger partial charge < -0.3 is 10.1 Å². The predicted octanol–water partition coefficient (Wildman–Crippen LogP) is 1.90. The molecule has 1 N–H and O–H groups in total. The summed E-state index contributed by atoms with van der Waals surface area (Å²) in [6, 6.07) is 9.63. The van der Waals surface area contributed by atoms with E-state index in [1.165, 1.54) is 0 Å². The number of hydrogen-bond acceptors (Lipinski definition) is 3. The highest BCUT2D eigenvalue weighted by Crippen LogP contribution is 2.19. The van der Waals surface area contributed by atoms with Crippen LogP contribution in [-0.2, 0) is 0 Å². The molecule has 0 bridgehead atoms. The van der Waals surface area contributed by atoms with E-state index in [9.17, 15) is 5.11 Å². The van der Waals surface area contributed by atoms with E-state index in [1.807, 2.05) is 51.4 Å². The van der Waals surface area contributed by atoms with Gasteiger partial charge in [-0.05, 0) is 5.56 Å². The van der Waals surface area contributed by atoms with Gasteiger partial charge in [0.05, 0.1) is 6.10 Å². The first-order chi connectivity index (χ1) is 7.11. The largest absolute Gasteiger partial charge is 0.388 e. The van der Waals surface area contributed by atoms with Gasteiger partial charge in [0.25, 0.3) is 0 Å². The molecule has 1 rings (SSSR count). The van der Waals surface area contributed by atoms with Crippen molar-refractivity contribution in [2.75, 3.05) is 14.1 Å². The smallest absolute Gasteiger partial charge is 0.0865 e. The molecule has 0 radical (unpaired) electrons. The number of nitrogens with zero attached hydrogens (tertiary/aromatic N) is 2. The van der Waals surface area contributed by atoms with E-state index in [-0.39, 0.29) is 5.92 Å². The zero-order chi connectivity index (χ0) is 11.3.